The van der Waals surface area contributed by atoms with Gasteiger partial charge in [0.25, 0.3) is 0 Å². The SMILES string of the molecule is COCC1CCN(Cc2nc(-c3ccc(F)cc3F)oc2C)CC1. The van der Waals surface area contributed by atoms with E-state index in [4.69, 9.17) is 9.15 Å². The van der Waals surface area contributed by atoms with Crippen molar-refractivity contribution in [1.82, 2.24) is 9.88 Å². The third-order valence-corrected chi connectivity index (χ3v) is 4.54. The van der Waals surface area contributed by atoms with E-state index in [2.05, 4.69) is 9.88 Å². The number of piperidine rings is 1. The first-order chi connectivity index (χ1) is 11.6. The zero-order chi connectivity index (χ0) is 17.1. The Balaban J connectivity index is 1.69. The van der Waals surface area contributed by atoms with Crippen LogP contribution >= 0.6 is 0 Å². The molecule has 0 spiro atoms. The fourth-order valence-electron chi connectivity index (χ4n) is 3.11. The highest BCUT2D eigenvalue weighted by Crippen LogP contribution is 2.26. The molecule has 1 aromatic carbocycles. The maximum absolute atomic E-state index is 13.9. The molecule has 2 heterocycles. The van der Waals surface area contributed by atoms with Crippen molar-refractivity contribution in [2.24, 2.45) is 5.92 Å². The van der Waals surface area contributed by atoms with E-state index < -0.39 is 11.6 Å². The Hall–Kier alpha value is -1.79. The number of rotatable bonds is 5. The molecule has 0 amide bonds. The van der Waals surface area contributed by atoms with Gasteiger partial charge in [0.2, 0.25) is 5.89 Å². The van der Waals surface area contributed by atoms with Crippen molar-refractivity contribution >= 4 is 0 Å². The van der Waals surface area contributed by atoms with Gasteiger partial charge < -0.3 is 9.15 Å². The fourth-order valence-corrected chi connectivity index (χ4v) is 3.11. The summed E-state index contributed by atoms with van der Waals surface area (Å²) in [6.45, 7) is 5.29. The summed E-state index contributed by atoms with van der Waals surface area (Å²) in [7, 11) is 1.74. The number of halogens is 2. The number of nitrogens with zero attached hydrogens (tertiary/aromatic N) is 2. The Morgan fingerprint density at radius 2 is 2.04 bits per heavy atom. The summed E-state index contributed by atoms with van der Waals surface area (Å²) < 4.78 is 37.7. The van der Waals surface area contributed by atoms with E-state index in [1.807, 2.05) is 6.92 Å². The second-order valence-electron chi connectivity index (χ2n) is 6.32. The summed E-state index contributed by atoms with van der Waals surface area (Å²) in [5, 5.41) is 0. The lowest BCUT2D eigenvalue weighted by atomic mass is 9.98. The predicted octanol–water partition coefficient (Wildman–Crippen LogP) is 3.79. The molecular formula is C18H22F2N2O2. The molecule has 24 heavy (non-hydrogen) atoms. The van der Waals surface area contributed by atoms with Crippen molar-refractivity contribution in [3.05, 3.63) is 41.3 Å². The third kappa shape index (κ3) is 3.82. The van der Waals surface area contributed by atoms with Gasteiger partial charge in [-0.15, -0.1) is 0 Å². The molecule has 1 aromatic heterocycles. The molecule has 2 aromatic rings. The average Bonchev–Trinajstić information content (AvgIpc) is 2.90. The molecule has 0 radical (unpaired) electrons. The molecule has 0 aliphatic carbocycles. The largest absolute Gasteiger partial charge is 0.441 e. The first-order valence-corrected chi connectivity index (χ1v) is 8.20. The van der Waals surface area contributed by atoms with Crippen LogP contribution in [0.5, 0.6) is 0 Å². The Morgan fingerprint density at radius 1 is 1.29 bits per heavy atom. The van der Waals surface area contributed by atoms with E-state index >= 15 is 0 Å². The Morgan fingerprint density at radius 3 is 2.71 bits per heavy atom. The summed E-state index contributed by atoms with van der Waals surface area (Å²) in [5.41, 5.74) is 0.989. The van der Waals surface area contributed by atoms with Gasteiger partial charge in [0.05, 0.1) is 11.3 Å². The van der Waals surface area contributed by atoms with Crippen molar-refractivity contribution in [3.63, 3.8) is 0 Å². The molecule has 6 heteroatoms. The molecule has 1 fully saturated rings. The molecule has 0 saturated carbocycles. The monoisotopic (exact) mass is 336 g/mol. The molecule has 1 saturated heterocycles. The minimum atomic E-state index is -0.664. The summed E-state index contributed by atoms with van der Waals surface area (Å²) in [5.74, 6) is 0.220. The summed E-state index contributed by atoms with van der Waals surface area (Å²) >= 11 is 0. The van der Waals surface area contributed by atoms with Gasteiger partial charge in [-0.3, -0.25) is 4.90 Å². The molecule has 0 bridgehead atoms. The highest BCUT2D eigenvalue weighted by atomic mass is 19.1. The number of oxazole rings is 1. The van der Waals surface area contributed by atoms with Gasteiger partial charge >= 0.3 is 0 Å². The smallest absolute Gasteiger partial charge is 0.229 e. The number of hydrogen-bond acceptors (Lipinski definition) is 4. The number of ether oxygens (including phenoxy) is 1. The van der Waals surface area contributed by atoms with Gasteiger partial charge in [0, 0.05) is 26.3 Å². The summed E-state index contributed by atoms with van der Waals surface area (Å²) in [6, 6.07) is 3.41. The maximum atomic E-state index is 13.9. The van der Waals surface area contributed by atoms with Crippen LogP contribution in [0.4, 0.5) is 8.78 Å². The van der Waals surface area contributed by atoms with Crippen molar-refractivity contribution in [3.8, 4) is 11.5 Å². The Kier molecular flexibility index (Phi) is 5.26. The van der Waals surface area contributed by atoms with Gasteiger partial charge in [-0.1, -0.05) is 0 Å². The van der Waals surface area contributed by atoms with Crippen LogP contribution in [0.2, 0.25) is 0 Å². The number of benzene rings is 1. The highest BCUT2D eigenvalue weighted by molar-refractivity contribution is 5.54. The van der Waals surface area contributed by atoms with Gasteiger partial charge in [-0.25, -0.2) is 13.8 Å². The maximum Gasteiger partial charge on any atom is 0.229 e. The zero-order valence-electron chi connectivity index (χ0n) is 14.0. The molecule has 4 nitrogen and oxygen atoms in total. The first-order valence-electron chi connectivity index (χ1n) is 8.20. The zero-order valence-corrected chi connectivity index (χ0v) is 14.0. The fraction of sp³-hybridized carbons (Fsp3) is 0.500. The molecule has 130 valence electrons. The lowest BCUT2D eigenvalue weighted by Gasteiger charge is -2.31. The number of hydrogen-bond donors (Lipinski definition) is 0. The Bertz CT molecular complexity index is 694. The van der Waals surface area contributed by atoms with Gasteiger partial charge in [-0.05, 0) is 50.9 Å². The predicted molar refractivity (Wildman–Crippen MR) is 86.5 cm³/mol. The second-order valence-corrected chi connectivity index (χ2v) is 6.32. The van der Waals surface area contributed by atoms with Crippen LogP contribution in [0.3, 0.4) is 0 Å². The van der Waals surface area contributed by atoms with Crippen LogP contribution < -0.4 is 0 Å². The van der Waals surface area contributed by atoms with E-state index in [1.54, 1.807) is 7.11 Å². The third-order valence-electron chi connectivity index (χ3n) is 4.54. The van der Waals surface area contributed by atoms with Crippen molar-refractivity contribution in [1.29, 1.82) is 0 Å². The quantitative estimate of drug-likeness (QED) is 0.833. The van der Waals surface area contributed by atoms with Gasteiger partial charge in [-0.2, -0.15) is 0 Å². The van der Waals surface area contributed by atoms with Crippen LogP contribution in [0.15, 0.2) is 22.6 Å². The molecule has 3 rings (SSSR count). The van der Waals surface area contributed by atoms with Crippen LogP contribution in [0.1, 0.15) is 24.3 Å². The molecule has 1 aliphatic heterocycles. The molecule has 0 N–H and O–H groups in total. The molecule has 0 atom stereocenters. The first kappa shape index (κ1) is 17.0. The van der Waals surface area contributed by atoms with Crippen LogP contribution in [0, 0.1) is 24.5 Å². The minimum absolute atomic E-state index is 0.185. The molecule has 0 unspecified atom stereocenters. The minimum Gasteiger partial charge on any atom is -0.441 e. The summed E-state index contributed by atoms with van der Waals surface area (Å²) in [4.78, 5) is 6.75. The normalized spacial score (nSPS) is 16.7. The number of aromatic nitrogens is 1. The lowest BCUT2D eigenvalue weighted by molar-refractivity contribution is 0.0962. The Labute approximate surface area is 140 Å². The standard InChI is InChI=1S/C18H22F2N2O2/c1-12-17(10-22-7-5-13(6-8-22)11-23-2)21-18(24-12)15-4-3-14(19)9-16(15)20/h3-4,9,13H,5-8,10-11H2,1-2H3. The topological polar surface area (TPSA) is 38.5 Å². The number of aryl methyl sites for hydroxylation is 1. The van der Waals surface area contributed by atoms with Gasteiger partial charge in [0.15, 0.2) is 0 Å². The van der Waals surface area contributed by atoms with E-state index in [9.17, 15) is 8.78 Å². The van der Waals surface area contributed by atoms with E-state index in [1.165, 1.54) is 12.1 Å². The number of likely N-dealkylation sites (tertiary alicyclic amines) is 1. The van der Waals surface area contributed by atoms with Crippen molar-refractivity contribution in [2.75, 3.05) is 26.8 Å². The molecule has 1 aliphatic rings. The summed E-state index contributed by atoms with van der Waals surface area (Å²) in [6.07, 6.45) is 2.20. The van der Waals surface area contributed by atoms with Crippen LogP contribution in [-0.2, 0) is 11.3 Å². The van der Waals surface area contributed by atoms with Gasteiger partial charge in [0.1, 0.15) is 17.4 Å². The van der Waals surface area contributed by atoms with Crippen molar-refractivity contribution in [2.45, 2.75) is 26.3 Å². The molecular weight excluding hydrogens is 314 g/mol. The van der Waals surface area contributed by atoms with E-state index in [0.717, 1.165) is 44.3 Å². The lowest BCUT2D eigenvalue weighted by Crippen LogP contribution is -2.34. The van der Waals surface area contributed by atoms with Crippen LogP contribution in [-0.4, -0.2) is 36.7 Å². The van der Waals surface area contributed by atoms with E-state index in [-0.39, 0.29) is 11.5 Å². The van der Waals surface area contributed by atoms with Crippen molar-refractivity contribution < 1.29 is 17.9 Å². The second kappa shape index (κ2) is 7.40. The average molecular weight is 336 g/mol. The number of methoxy groups -OCH3 is 1. The highest BCUT2D eigenvalue weighted by Gasteiger charge is 2.22. The van der Waals surface area contributed by atoms with E-state index in [0.29, 0.717) is 18.2 Å². The van der Waals surface area contributed by atoms with Crippen LogP contribution in [0.25, 0.3) is 11.5 Å².